The molecule has 1 heterocycles. The fraction of sp³-hybridized carbons (Fsp3) is 1.00. The lowest BCUT2D eigenvalue weighted by Gasteiger charge is -2.34. The zero-order valence-electron chi connectivity index (χ0n) is 12.1. The summed E-state index contributed by atoms with van der Waals surface area (Å²) in [6.07, 6.45) is 2.34. The van der Waals surface area contributed by atoms with Crippen molar-refractivity contribution in [1.29, 1.82) is 0 Å². The molecule has 1 rings (SSSR count). The van der Waals surface area contributed by atoms with Gasteiger partial charge in [-0.25, -0.2) is 8.42 Å². The van der Waals surface area contributed by atoms with Crippen LogP contribution in [0.2, 0.25) is 0 Å². The molecule has 0 aromatic heterocycles. The molecule has 0 aliphatic carbocycles. The lowest BCUT2D eigenvalue weighted by atomic mass is 9.90. The summed E-state index contributed by atoms with van der Waals surface area (Å²) in [6, 6.07) is 0.562. The molecule has 4 nitrogen and oxygen atoms in total. The van der Waals surface area contributed by atoms with Crippen molar-refractivity contribution in [3.8, 4) is 0 Å². The van der Waals surface area contributed by atoms with Gasteiger partial charge in [0.05, 0.1) is 11.0 Å². The summed E-state index contributed by atoms with van der Waals surface area (Å²) >= 11 is 0. The normalized spacial score (nSPS) is 21.4. The summed E-state index contributed by atoms with van der Waals surface area (Å²) in [7, 11) is -0.880. The zero-order chi connectivity index (χ0) is 13.8. The van der Waals surface area contributed by atoms with Gasteiger partial charge in [0.2, 0.25) is 0 Å². The Bertz CT molecular complexity index is 333. The van der Waals surface area contributed by atoms with Crippen LogP contribution in [0.1, 0.15) is 33.6 Å². The Morgan fingerprint density at radius 1 is 1.22 bits per heavy atom. The van der Waals surface area contributed by atoms with Crippen LogP contribution in [0.3, 0.4) is 0 Å². The summed E-state index contributed by atoms with van der Waals surface area (Å²) < 4.78 is 23.5. The monoisotopic (exact) mass is 276 g/mol. The van der Waals surface area contributed by atoms with E-state index in [9.17, 15) is 8.42 Å². The van der Waals surface area contributed by atoms with Gasteiger partial charge in [0, 0.05) is 12.6 Å². The molecule has 0 saturated carbocycles. The highest BCUT2D eigenvalue weighted by Gasteiger charge is 2.24. The van der Waals surface area contributed by atoms with Gasteiger partial charge in [-0.15, -0.1) is 0 Å². The van der Waals surface area contributed by atoms with Crippen molar-refractivity contribution < 1.29 is 8.42 Å². The van der Waals surface area contributed by atoms with E-state index in [2.05, 4.69) is 17.1 Å². The molecule has 1 atom stereocenters. The number of nitrogens with one attached hydrogen (secondary N) is 1. The lowest BCUT2D eigenvalue weighted by Crippen LogP contribution is -2.42. The number of likely N-dealkylation sites (tertiary alicyclic amines) is 1. The molecule has 1 aliphatic rings. The highest BCUT2D eigenvalue weighted by Crippen LogP contribution is 2.20. The molecule has 0 amide bonds. The SMILES string of the molecule is CNC(C)C1CCN(CCS(=O)(=O)C(C)C)CC1. The zero-order valence-corrected chi connectivity index (χ0v) is 13.0. The average Bonchev–Trinajstić information content (AvgIpc) is 2.36. The Labute approximate surface area is 112 Å². The van der Waals surface area contributed by atoms with Gasteiger partial charge in [-0.2, -0.15) is 0 Å². The first-order valence-corrected chi connectivity index (χ1v) is 8.69. The van der Waals surface area contributed by atoms with Crippen LogP contribution in [0.4, 0.5) is 0 Å². The van der Waals surface area contributed by atoms with Crippen molar-refractivity contribution in [3.05, 3.63) is 0 Å². The van der Waals surface area contributed by atoms with Crippen LogP contribution in [0, 0.1) is 5.92 Å². The van der Waals surface area contributed by atoms with Crippen LogP contribution < -0.4 is 5.32 Å². The molecular weight excluding hydrogens is 248 g/mol. The van der Waals surface area contributed by atoms with Crippen molar-refractivity contribution in [3.63, 3.8) is 0 Å². The van der Waals surface area contributed by atoms with Gasteiger partial charge >= 0.3 is 0 Å². The summed E-state index contributed by atoms with van der Waals surface area (Å²) in [6.45, 7) is 8.51. The van der Waals surface area contributed by atoms with E-state index in [1.807, 2.05) is 7.05 Å². The average molecular weight is 276 g/mol. The molecule has 0 bridgehead atoms. The third kappa shape index (κ3) is 4.52. The van der Waals surface area contributed by atoms with Crippen molar-refractivity contribution >= 4 is 9.84 Å². The highest BCUT2D eigenvalue weighted by atomic mass is 32.2. The molecule has 5 heteroatoms. The molecular formula is C13H28N2O2S. The van der Waals surface area contributed by atoms with E-state index in [4.69, 9.17) is 0 Å². The van der Waals surface area contributed by atoms with Crippen molar-refractivity contribution in [2.75, 3.05) is 32.4 Å². The molecule has 1 unspecified atom stereocenters. The predicted molar refractivity (Wildman–Crippen MR) is 76.6 cm³/mol. The van der Waals surface area contributed by atoms with Gasteiger partial charge in [-0.1, -0.05) is 0 Å². The van der Waals surface area contributed by atoms with Crippen LogP contribution in [0.5, 0.6) is 0 Å². The van der Waals surface area contributed by atoms with Gasteiger partial charge in [-0.3, -0.25) is 0 Å². The van der Waals surface area contributed by atoms with Crippen LogP contribution in [-0.2, 0) is 9.84 Å². The largest absolute Gasteiger partial charge is 0.317 e. The third-order valence-corrected chi connectivity index (χ3v) is 6.39. The fourth-order valence-electron chi connectivity index (χ4n) is 2.40. The first-order valence-electron chi connectivity index (χ1n) is 6.98. The molecule has 1 saturated heterocycles. The minimum atomic E-state index is -2.89. The number of piperidine rings is 1. The third-order valence-electron chi connectivity index (χ3n) is 4.20. The highest BCUT2D eigenvalue weighted by molar-refractivity contribution is 7.92. The second kappa shape index (κ2) is 6.87. The molecule has 108 valence electrons. The van der Waals surface area contributed by atoms with E-state index in [1.165, 1.54) is 12.8 Å². The maximum atomic E-state index is 11.8. The van der Waals surface area contributed by atoms with Gasteiger partial charge < -0.3 is 10.2 Å². The molecule has 1 N–H and O–H groups in total. The van der Waals surface area contributed by atoms with E-state index in [0.717, 1.165) is 19.0 Å². The molecule has 0 spiro atoms. The molecule has 1 fully saturated rings. The quantitative estimate of drug-likeness (QED) is 0.790. The summed E-state index contributed by atoms with van der Waals surface area (Å²) in [5.74, 6) is 1.03. The topological polar surface area (TPSA) is 49.4 Å². The summed E-state index contributed by atoms with van der Waals surface area (Å²) in [5.41, 5.74) is 0. The van der Waals surface area contributed by atoms with Crippen LogP contribution in [-0.4, -0.2) is 57.0 Å². The van der Waals surface area contributed by atoms with Gasteiger partial charge in [0.25, 0.3) is 0 Å². The smallest absolute Gasteiger partial charge is 0.153 e. The Morgan fingerprint density at radius 3 is 2.22 bits per heavy atom. The number of hydrogen-bond acceptors (Lipinski definition) is 4. The number of nitrogens with zero attached hydrogens (tertiary/aromatic N) is 1. The first-order chi connectivity index (χ1) is 8.36. The maximum absolute atomic E-state index is 11.8. The van der Waals surface area contributed by atoms with Gasteiger partial charge in [-0.05, 0) is 59.7 Å². The Morgan fingerprint density at radius 2 is 1.78 bits per heavy atom. The van der Waals surface area contributed by atoms with E-state index < -0.39 is 9.84 Å². The number of hydrogen-bond donors (Lipinski definition) is 1. The van der Waals surface area contributed by atoms with Gasteiger partial charge in [0.1, 0.15) is 0 Å². The van der Waals surface area contributed by atoms with E-state index in [1.54, 1.807) is 13.8 Å². The lowest BCUT2D eigenvalue weighted by molar-refractivity contribution is 0.172. The minimum Gasteiger partial charge on any atom is -0.317 e. The molecule has 18 heavy (non-hydrogen) atoms. The Kier molecular flexibility index (Phi) is 6.08. The molecule has 1 aliphatic heterocycles. The molecule has 0 radical (unpaired) electrons. The Hall–Kier alpha value is -0.130. The van der Waals surface area contributed by atoms with Gasteiger partial charge in [0.15, 0.2) is 9.84 Å². The molecule has 0 aromatic rings. The van der Waals surface area contributed by atoms with Crippen LogP contribution >= 0.6 is 0 Å². The molecule has 0 aromatic carbocycles. The van der Waals surface area contributed by atoms with Crippen molar-refractivity contribution in [1.82, 2.24) is 10.2 Å². The summed E-state index contributed by atoms with van der Waals surface area (Å²) in [4.78, 5) is 2.29. The van der Waals surface area contributed by atoms with Crippen LogP contribution in [0.25, 0.3) is 0 Å². The maximum Gasteiger partial charge on any atom is 0.153 e. The number of rotatable bonds is 6. The summed E-state index contributed by atoms with van der Waals surface area (Å²) in [5, 5.41) is 3.06. The first kappa shape index (κ1) is 15.9. The minimum absolute atomic E-state index is 0.251. The predicted octanol–water partition coefficient (Wildman–Crippen LogP) is 1.13. The van der Waals surface area contributed by atoms with Crippen molar-refractivity contribution in [2.45, 2.75) is 44.9 Å². The standard InChI is InChI=1S/C13H28N2O2S/c1-11(2)18(16,17)10-9-15-7-5-13(6-8-15)12(3)14-4/h11-14H,5-10H2,1-4H3. The fourth-order valence-corrected chi connectivity index (χ4v) is 3.39. The van der Waals surface area contributed by atoms with Crippen LogP contribution in [0.15, 0.2) is 0 Å². The second-order valence-corrected chi connectivity index (χ2v) is 8.35. The number of sulfone groups is 1. The second-order valence-electron chi connectivity index (χ2n) is 5.67. The Balaban J connectivity index is 2.32. The van der Waals surface area contributed by atoms with E-state index in [0.29, 0.717) is 18.3 Å². The van der Waals surface area contributed by atoms with Crippen molar-refractivity contribution in [2.24, 2.45) is 5.92 Å². The van der Waals surface area contributed by atoms with E-state index >= 15 is 0 Å². The van der Waals surface area contributed by atoms with E-state index in [-0.39, 0.29) is 5.25 Å².